The molecule has 1 aromatic heterocycles. The molecule has 0 spiro atoms. The van der Waals surface area contributed by atoms with Gasteiger partial charge in [0, 0.05) is 67.5 Å². The van der Waals surface area contributed by atoms with Gasteiger partial charge in [0.25, 0.3) is 15.9 Å². The van der Waals surface area contributed by atoms with Gasteiger partial charge in [-0.2, -0.15) is 0 Å². The molecule has 218 valence electrons. The first-order chi connectivity index (χ1) is 20.1. The molecule has 0 bridgehead atoms. The summed E-state index contributed by atoms with van der Waals surface area (Å²) in [5.41, 5.74) is 3.53. The second kappa shape index (κ2) is 12.0. The van der Waals surface area contributed by atoms with E-state index in [1.54, 1.807) is 31.3 Å². The number of aromatic amines is 1. The Labute approximate surface area is 245 Å². The Bertz CT molecular complexity index is 1750. The average molecular weight is 588 g/mol. The van der Waals surface area contributed by atoms with Gasteiger partial charge in [-0.1, -0.05) is 35.9 Å². The zero-order valence-corrected chi connectivity index (χ0v) is 24.5. The second-order valence-corrected chi connectivity index (χ2v) is 11.8. The van der Waals surface area contributed by atoms with Crippen molar-refractivity contribution in [1.82, 2.24) is 14.6 Å². The van der Waals surface area contributed by atoms with E-state index in [0.717, 1.165) is 22.2 Å². The van der Waals surface area contributed by atoms with Gasteiger partial charge in [0.1, 0.15) is 11.4 Å². The third-order valence-corrected chi connectivity index (χ3v) is 8.65. The van der Waals surface area contributed by atoms with Crippen LogP contribution in [0.5, 0.6) is 5.75 Å². The van der Waals surface area contributed by atoms with E-state index >= 15 is 0 Å². The quantitative estimate of drug-likeness (QED) is 0.267. The standard InChI is InChI=1S/C31H33N5O5S/c1-21-8-11-25(12-9-21)42(39,40)34-29(18-23-20-32-27-7-5-4-6-26(23)27)31(38)33-28-13-10-24(19-30(28)41-3)36-16-14-35(15-17-36)22(2)37/h4-13,18-20,32,34H,14-17H2,1-3H3,(H,33,38). The lowest BCUT2D eigenvalue weighted by Crippen LogP contribution is -2.48. The Kier molecular flexibility index (Phi) is 8.21. The molecule has 42 heavy (non-hydrogen) atoms. The minimum absolute atomic E-state index is 0.0394. The molecule has 0 radical (unpaired) electrons. The van der Waals surface area contributed by atoms with Crippen LogP contribution in [0.25, 0.3) is 17.0 Å². The number of hydrogen-bond donors (Lipinski definition) is 3. The summed E-state index contributed by atoms with van der Waals surface area (Å²) in [6.45, 7) is 6.03. The molecule has 1 aliphatic rings. The van der Waals surface area contributed by atoms with Crippen molar-refractivity contribution in [3.63, 3.8) is 0 Å². The van der Waals surface area contributed by atoms with Gasteiger partial charge in [-0.3, -0.25) is 14.3 Å². The molecular formula is C31H33N5O5S. The Morgan fingerprint density at radius 1 is 0.976 bits per heavy atom. The van der Waals surface area contributed by atoms with Gasteiger partial charge in [-0.05, 0) is 43.3 Å². The lowest BCUT2D eigenvalue weighted by Gasteiger charge is -2.35. The fourth-order valence-electron chi connectivity index (χ4n) is 4.88. The molecule has 3 aromatic carbocycles. The highest BCUT2D eigenvalue weighted by Crippen LogP contribution is 2.31. The Hall–Kier alpha value is -4.77. The number of carbonyl (C=O) groups excluding carboxylic acids is 2. The molecule has 2 heterocycles. The van der Waals surface area contributed by atoms with Crippen LogP contribution in [0.3, 0.4) is 0 Å². The number of benzene rings is 3. The van der Waals surface area contributed by atoms with E-state index in [1.165, 1.54) is 25.3 Å². The summed E-state index contributed by atoms with van der Waals surface area (Å²) in [6, 6.07) is 19.3. The van der Waals surface area contributed by atoms with E-state index in [1.807, 2.05) is 48.2 Å². The van der Waals surface area contributed by atoms with Crippen molar-refractivity contribution in [2.45, 2.75) is 18.7 Å². The number of methoxy groups -OCH3 is 1. The number of ether oxygens (including phenoxy) is 1. The summed E-state index contributed by atoms with van der Waals surface area (Å²) in [5, 5.41) is 3.65. The van der Waals surface area contributed by atoms with Crippen LogP contribution in [0.15, 0.2) is 83.5 Å². The minimum Gasteiger partial charge on any atom is -0.494 e. The first-order valence-electron chi connectivity index (χ1n) is 13.5. The average Bonchev–Trinajstić information content (AvgIpc) is 3.40. The van der Waals surface area contributed by atoms with Crippen molar-refractivity contribution >= 4 is 50.2 Å². The number of nitrogens with zero attached hydrogens (tertiary/aromatic N) is 2. The molecule has 11 heteroatoms. The van der Waals surface area contributed by atoms with Crippen LogP contribution in [-0.4, -0.2) is 63.4 Å². The number of piperazine rings is 1. The Morgan fingerprint density at radius 2 is 1.69 bits per heavy atom. The number of sulfonamides is 1. The summed E-state index contributed by atoms with van der Waals surface area (Å²) in [6.07, 6.45) is 3.23. The maximum atomic E-state index is 13.7. The van der Waals surface area contributed by atoms with Crippen molar-refractivity contribution in [2.75, 3.05) is 43.5 Å². The van der Waals surface area contributed by atoms with E-state index in [9.17, 15) is 18.0 Å². The third-order valence-electron chi connectivity index (χ3n) is 7.26. The number of anilines is 2. The van der Waals surface area contributed by atoms with Gasteiger partial charge in [0.15, 0.2) is 0 Å². The summed E-state index contributed by atoms with van der Waals surface area (Å²) in [5.74, 6) is -0.181. The second-order valence-electron chi connectivity index (χ2n) is 10.1. The van der Waals surface area contributed by atoms with Crippen LogP contribution in [0.4, 0.5) is 11.4 Å². The van der Waals surface area contributed by atoms with Crippen LogP contribution < -0.4 is 19.7 Å². The van der Waals surface area contributed by atoms with Crippen molar-refractivity contribution in [2.24, 2.45) is 0 Å². The zero-order chi connectivity index (χ0) is 29.9. The monoisotopic (exact) mass is 587 g/mol. The number of nitrogens with one attached hydrogen (secondary N) is 3. The van der Waals surface area contributed by atoms with Gasteiger partial charge in [0.05, 0.1) is 17.7 Å². The van der Waals surface area contributed by atoms with Crippen LogP contribution in [0.1, 0.15) is 18.1 Å². The number of amides is 2. The molecule has 10 nitrogen and oxygen atoms in total. The zero-order valence-electron chi connectivity index (χ0n) is 23.7. The molecule has 0 aliphatic carbocycles. The smallest absolute Gasteiger partial charge is 0.272 e. The highest BCUT2D eigenvalue weighted by molar-refractivity contribution is 7.89. The van der Waals surface area contributed by atoms with Gasteiger partial charge in [-0.25, -0.2) is 8.42 Å². The van der Waals surface area contributed by atoms with Gasteiger partial charge < -0.3 is 24.8 Å². The lowest BCUT2D eigenvalue weighted by molar-refractivity contribution is -0.129. The number of fused-ring (bicyclic) bond motifs is 1. The number of H-pyrrole nitrogens is 1. The highest BCUT2D eigenvalue weighted by atomic mass is 32.2. The fraction of sp³-hybridized carbons (Fsp3) is 0.226. The predicted octanol–water partition coefficient (Wildman–Crippen LogP) is 4.11. The molecule has 1 aliphatic heterocycles. The van der Waals surface area contributed by atoms with E-state index in [4.69, 9.17) is 4.74 Å². The maximum Gasteiger partial charge on any atom is 0.272 e. The fourth-order valence-corrected chi connectivity index (χ4v) is 5.93. The van der Waals surface area contributed by atoms with Crippen LogP contribution in [0.2, 0.25) is 0 Å². The van der Waals surface area contributed by atoms with Gasteiger partial charge in [-0.15, -0.1) is 0 Å². The van der Waals surface area contributed by atoms with Crippen LogP contribution in [-0.2, 0) is 19.6 Å². The number of carbonyl (C=O) groups is 2. The molecule has 0 unspecified atom stereocenters. The molecule has 1 fully saturated rings. The first-order valence-corrected chi connectivity index (χ1v) is 15.0. The highest BCUT2D eigenvalue weighted by Gasteiger charge is 2.23. The van der Waals surface area contributed by atoms with Crippen LogP contribution >= 0.6 is 0 Å². The normalized spacial score (nSPS) is 14.1. The van der Waals surface area contributed by atoms with Gasteiger partial charge in [0.2, 0.25) is 5.91 Å². The van der Waals surface area contributed by atoms with E-state index in [0.29, 0.717) is 43.2 Å². The maximum absolute atomic E-state index is 13.7. The summed E-state index contributed by atoms with van der Waals surface area (Å²) in [7, 11) is -2.57. The van der Waals surface area contributed by atoms with Crippen molar-refractivity contribution in [3.05, 3.63) is 89.8 Å². The van der Waals surface area contributed by atoms with E-state index in [2.05, 4.69) is 19.9 Å². The number of aromatic nitrogens is 1. The molecule has 0 atom stereocenters. The summed E-state index contributed by atoms with van der Waals surface area (Å²) in [4.78, 5) is 32.5. The Balaban J connectivity index is 1.44. The lowest BCUT2D eigenvalue weighted by atomic mass is 10.1. The molecule has 2 amide bonds. The molecule has 0 saturated carbocycles. The molecule has 3 N–H and O–H groups in total. The van der Waals surface area contributed by atoms with E-state index in [-0.39, 0.29) is 16.5 Å². The summed E-state index contributed by atoms with van der Waals surface area (Å²) < 4.78 is 34.7. The Morgan fingerprint density at radius 3 is 2.38 bits per heavy atom. The van der Waals surface area contributed by atoms with Crippen LogP contribution in [0, 0.1) is 6.92 Å². The molecule has 1 saturated heterocycles. The van der Waals surface area contributed by atoms with Crippen molar-refractivity contribution in [3.8, 4) is 5.75 Å². The number of rotatable bonds is 8. The SMILES string of the molecule is COc1cc(N2CCN(C(C)=O)CC2)ccc1NC(=O)C(=Cc1c[nH]c2ccccc12)NS(=O)(=O)c1ccc(C)cc1. The van der Waals surface area contributed by atoms with Gasteiger partial charge >= 0.3 is 0 Å². The first kappa shape index (κ1) is 28.7. The van der Waals surface area contributed by atoms with Crippen molar-refractivity contribution < 1.29 is 22.7 Å². The van der Waals surface area contributed by atoms with E-state index < -0.39 is 15.9 Å². The van der Waals surface area contributed by atoms with Crippen molar-refractivity contribution in [1.29, 1.82) is 0 Å². The predicted molar refractivity (Wildman–Crippen MR) is 164 cm³/mol. The number of aryl methyl sites for hydroxylation is 1. The molecular weight excluding hydrogens is 554 g/mol. The molecule has 4 aromatic rings. The largest absolute Gasteiger partial charge is 0.494 e. The minimum atomic E-state index is -4.07. The third kappa shape index (κ3) is 6.26. The number of hydrogen-bond acceptors (Lipinski definition) is 6. The molecule has 5 rings (SSSR count). The topological polar surface area (TPSA) is 124 Å². The number of para-hydroxylation sites is 1. The summed E-state index contributed by atoms with van der Waals surface area (Å²) >= 11 is 0.